The van der Waals surface area contributed by atoms with Gasteiger partial charge in [0.2, 0.25) is 0 Å². The van der Waals surface area contributed by atoms with E-state index >= 15 is 0 Å². The molecule has 37 heavy (non-hydrogen) atoms. The van der Waals surface area contributed by atoms with Gasteiger partial charge in [0.15, 0.2) is 12.4 Å². The topological polar surface area (TPSA) is 105 Å². The first kappa shape index (κ1) is 23.5. The van der Waals surface area contributed by atoms with Crippen LogP contribution in [0, 0.1) is 0 Å². The van der Waals surface area contributed by atoms with Gasteiger partial charge in [0, 0.05) is 46.1 Å². The Morgan fingerprint density at radius 2 is 1.89 bits per heavy atom. The lowest BCUT2D eigenvalue weighted by atomic mass is 10.1. The molecule has 0 atom stereocenters. The predicted molar refractivity (Wildman–Crippen MR) is 146 cm³/mol. The molecule has 188 valence electrons. The SMILES string of the molecule is O=C(COc1cccc(-c2nc3c(c(Nc4ccc(-c5cn[nH]c5)cc4)n2)CSC3)c1)NC1CCCC1. The maximum atomic E-state index is 12.3. The third-order valence-corrected chi connectivity index (χ3v) is 7.71. The molecular weight excluding hydrogens is 484 g/mol. The van der Waals surface area contributed by atoms with Crippen LogP contribution in [-0.4, -0.2) is 38.7 Å². The summed E-state index contributed by atoms with van der Waals surface area (Å²) >= 11 is 1.84. The smallest absolute Gasteiger partial charge is 0.258 e. The van der Waals surface area contributed by atoms with E-state index in [4.69, 9.17) is 14.7 Å². The molecule has 3 heterocycles. The van der Waals surface area contributed by atoms with Crippen LogP contribution in [-0.2, 0) is 16.3 Å². The monoisotopic (exact) mass is 512 g/mol. The molecule has 1 amide bonds. The standard InChI is InChI=1S/C28H28N6O2S/c35-26(31-21-5-1-2-6-21)15-36-23-7-3-4-19(12-23)27-33-25-17-37-16-24(25)28(34-27)32-22-10-8-18(9-11-22)20-13-29-30-14-20/h3-4,7-14,21H,1-2,5-6,15-17H2,(H,29,30)(H,31,35)(H,32,33,34). The number of carbonyl (C=O) groups is 1. The van der Waals surface area contributed by atoms with E-state index in [1.807, 2.05) is 60.6 Å². The highest BCUT2D eigenvalue weighted by molar-refractivity contribution is 7.98. The lowest BCUT2D eigenvalue weighted by Gasteiger charge is -2.14. The van der Waals surface area contributed by atoms with E-state index in [9.17, 15) is 4.79 Å². The first-order valence-corrected chi connectivity index (χ1v) is 13.7. The van der Waals surface area contributed by atoms with Crippen molar-refractivity contribution < 1.29 is 9.53 Å². The van der Waals surface area contributed by atoms with Crippen LogP contribution >= 0.6 is 11.8 Å². The Morgan fingerprint density at radius 3 is 2.70 bits per heavy atom. The van der Waals surface area contributed by atoms with Crippen molar-refractivity contribution in [2.75, 3.05) is 11.9 Å². The average molecular weight is 513 g/mol. The maximum Gasteiger partial charge on any atom is 0.258 e. The van der Waals surface area contributed by atoms with Gasteiger partial charge in [-0.1, -0.05) is 37.1 Å². The largest absolute Gasteiger partial charge is 0.484 e. The fourth-order valence-corrected chi connectivity index (χ4v) is 5.83. The van der Waals surface area contributed by atoms with Crippen LogP contribution < -0.4 is 15.4 Å². The summed E-state index contributed by atoms with van der Waals surface area (Å²) < 4.78 is 5.81. The third-order valence-electron chi connectivity index (χ3n) is 6.74. The number of hydrogen-bond acceptors (Lipinski definition) is 7. The number of ether oxygens (including phenoxy) is 1. The molecule has 0 spiro atoms. The molecule has 0 radical (unpaired) electrons. The molecule has 1 aliphatic carbocycles. The van der Waals surface area contributed by atoms with E-state index in [1.54, 1.807) is 0 Å². The summed E-state index contributed by atoms with van der Waals surface area (Å²) in [5.41, 5.74) is 6.15. The van der Waals surface area contributed by atoms with Gasteiger partial charge in [0.25, 0.3) is 5.91 Å². The first-order chi connectivity index (χ1) is 18.2. The van der Waals surface area contributed by atoms with Crippen molar-refractivity contribution in [1.82, 2.24) is 25.5 Å². The first-order valence-electron chi connectivity index (χ1n) is 12.6. The van der Waals surface area contributed by atoms with Crippen molar-refractivity contribution in [3.8, 4) is 28.3 Å². The van der Waals surface area contributed by atoms with Crippen LogP contribution in [0.15, 0.2) is 60.9 Å². The average Bonchev–Trinajstić information content (AvgIpc) is 3.71. The molecular formula is C28H28N6O2S. The number of amides is 1. The van der Waals surface area contributed by atoms with Gasteiger partial charge in [0.05, 0.1) is 11.9 Å². The van der Waals surface area contributed by atoms with Gasteiger partial charge < -0.3 is 15.4 Å². The van der Waals surface area contributed by atoms with Crippen LogP contribution in [0.1, 0.15) is 36.9 Å². The highest BCUT2D eigenvalue weighted by atomic mass is 32.2. The highest BCUT2D eigenvalue weighted by Gasteiger charge is 2.21. The molecule has 2 aliphatic rings. The van der Waals surface area contributed by atoms with E-state index < -0.39 is 0 Å². The Morgan fingerprint density at radius 1 is 1.03 bits per heavy atom. The number of aromatic nitrogens is 4. The normalized spacial score (nSPS) is 14.9. The van der Waals surface area contributed by atoms with E-state index in [0.29, 0.717) is 11.6 Å². The molecule has 0 bridgehead atoms. The number of aromatic amines is 1. The number of rotatable bonds is 8. The Bertz CT molecular complexity index is 1380. The number of anilines is 2. The van der Waals surface area contributed by atoms with E-state index in [1.165, 1.54) is 12.8 Å². The summed E-state index contributed by atoms with van der Waals surface area (Å²) in [5, 5.41) is 13.4. The minimum atomic E-state index is -0.0756. The van der Waals surface area contributed by atoms with Crippen LogP contribution in [0.4, 0.5) is 11.5 Å². The van der Waals surface area contributed by atoms with Gasteiger partial charge in [0.1, 0.15) is 11.6 Å². The summed E-state index contributed by atoms with van der Waals surface area (Å²) in [6.07, 6.45) is 8.16. The van der Waals surface area contributed by atoms with E-state index in [-0.39, 0.29) is 18.6 Å². The Hall–Kier alpha value is -3.85. The summed E-state index contributed by atoms with van der Waals surface area (Å²) in [7, 11) is 0. The number of hydrogen-bond donors (Lipinski definition) is 3. The van der Waals surface area contributed by atoms with Crippen molar-refractivity contribution in [2.45, 2.75) is 43.2 Å². The molecule has 0 saturated heterocycles. The zero-order valence-corrected chi connectivity index (χ0v) is 21.2. The summed E-state index contributed by atoms with van der Waals surface area (Å²) in [5.74, 6) is 3.75. The van der Waals surface area contributed by atoms with Gasteiger partial charge in [-0.15, -0.1) is 0 Å². The number of nitrogens with one attached hydrogen (secondary N) is 3. The minimum absolute atomic E-state index is 0.00323. The number of nitrogens with zero attached hydrogens (tertiary/aromatic N) is 3. The second-order valence-electron chi connectivity index (χ2n) is 9.37. The third kappa shape index (κ3) is 5.46. The van der Waals surface area contributed by atoms with Crippen LogP contribution in [0.25, 0.3) is 22.5 Å². The molecule has 1 aliphatic heterocycles. The second-order valence-corrected chi connectivity index (χ2v) is 10.4. The van der Waals surface area contributed by atoms with E-state index in [2.05, 4.69) is 33.0 Å². The van der Waals surface area contributed by atoms with Crippen molar-refractivity contribution >= 4 is 29.2 Å². The Labute approximate surface area is 219 Å². The maximum absolute atomic E-state index is 12.3. The quantitative estimate of drug-likeness (QED) is 0.288. The number of H-pyrrole nitrogens is 1. The molecule has 3 N–H and O–H groups in total. The van der Waals surface area contributed by atoms with Crippen molar-refractivity contribution in [1.29, 1.82) is 0 Å². The Balaban J connectivity index is 1.19. The molecule has 6 rings (SSSR count). The van der Waals surface area contributed by atoms with Gasteiger partial charge in [-0.25, -0.2) is 9.97 Å². The zero-order chi connectivity index (χ0) is 25.0. The van der Waals surface area contributed by atoms with Crippen molar-refractivity contribution in [2.24, 2.45) is 0 Å². The number of carbonyl (C=O) groups excluding carboxylic acids is 1. The highest BCUT2D eigenvalue weighted by Crippen LogP contribution is 2.36. The van der Waals surface area contributed by atoms with Gasteiger partial charge in [-0.2, -0.15) is 16.9 Å². The van der Waals surface area contributed by atoms with Crippen molar-refractivity contribution in [3.63, 3.8) is 0 Å². The fourth-order valence-electron chi connectivity index (χ4n) is 4.79. The molecule has 0 unspecified atom stereocenters. The molecule has 1 saturated carbocycles. The van der Waals surface area contributed by atoms with Gasteiger partial charge in [-0.05, 0) is 42.7 Å². The number of fused-ring (bicyclic) bond motifs is 1. The molecule has 9 heteroatoms. The lowest BCUT2D eigenvalue weighted by Crippen LogP contribution is -2.36. The van der Waals surface area contributed by atoms with E-state index in [0.717, 1.165) is 63.8 Å². The Kier molecular flexibility index (Phi) is 6.77. The molecule has 4 aromatic rings. The fraction of sp³-hybridized carbons (Fsp3) is 0.286. The molecule has 2 aromatic carbocycles. The van der Waals surface area contributed by atoms with Crippen LogP contribution in [0.2, 0.25) is 0 Å². The second kappa shape index (κ2) is 10.6. The minimum Gasteiger partial charge on any atom is -0.484 e. The lowest BCUT2D eigenvalue weighted by molar-refractivity contribution is -0.123. The summed E-state index contributed by atoms with van der Waals surface area (Å²) in [6.45, 7) is 0.00323. The molecule has 1 fully saturated rings. The number of thioether (sulfide) groups is 1. The van der Waals surface area contributed by atoms with Crippen LogP contribution in [0.3, 0.4) is 0 Å². The van der Waals surface area contributed by atoms with Gasteiger partial charge in [-0.3, -0.25) is 9.89 Å². The number of benzene rings is 2. The molecule has 8 nitrogen and oxygen atoms in total. The van der Waals surface area contributed by atoms with Crippen molar-refractivity contribution in [3.05, 3.63) is 72.2 Å². The summed E-state index contributed by atoms with van der Waals surface area (Å²) in [6, 6.07) is 16.1. The van der Waals surface area contributed by atoms with Crippen LogP contribution in [0.5, 0.6) is 5.75 Å². The predicted octanol–water partition coefficient (Wildman–Crippen LogP) is 5.46. The molecule has 2 aromatic heterocycles. The zero-order valence-electron chi connectivity index (χ0n) is 20.4. The summed E-state index contributed by atoms with van der Waals surface area (Å²) in [4.78, 5) is 22.0. The van der Waals surface area contributed by atoms with Gasteiger partial charge >= 0.3 is 0 Å².